The molecule has 0 atom stereocenters. The zero-order valence-electron chi connectivity index (χ0n) is 28.8. The topological polar surface area (TPSA) is 18.5 Å². The van der Waals surface area contributed by atoms with Gasteiger partial charge in [0.15, 0.2) is 0 Å². The molecule has 2 heterocycles. The summed E-state index contributed by atoms with van der Waals surface area (Å²) in [4.78, 5) is 0. The van der Waals surface area contributed by atoms with Gasteiger partial charge in [0.25, 0.3) is 6.71 Å². The average molecular weight is 675 g/mol. The molecule has 0 amide bonds. The minimum absolute atomic E-state index is 0.00889. The van der Waals surface area contributed by atoms with Crippen molar-refractivity contribution in [3.05, 3.63) is 188 Å². The van der Waals surface area contributed by atoms with Crippen LogP contribution in [0.5, 0.6) is 23.0 Å². The lowest BCUT2D eigenvalue weighted by atomic mass is 9.34. The summed E-state index contributed by atoms with van der Waals surface area (Å²) in [6, 6.07) is 67.3. The standard InChI is InChI=1S/C50H31BO2/c1-2-15-32(16-3-1)33-17-14-18-34(31-33)47-37-21-6-8-23-39(37)48(40-24-9-7-22-38(40)47)36-20-5-4-19-35(36)41-29-30-46-49-50(41)53-45-28-13-11-26-43(45)51(49)42-25-10-12-27-44(42)52-46/h1-31H. The molecule has 2 nitrogen and oxygen atoms in total. The number of fused-ring (bicyclic) bond motifs is 6. The minimum Gasteiger partial charge on any atom is -0.458 e. The predicted octanol–water partition coefficient (Wildman–Crippen LogP) is 11.4. The van der Waals surface area contributed by atoms with Crippen molar-refractivity contribution in [1.82, 2.24) is 0 Å². The molecular formula is C50H31BO2. The molecule has 0 saturated heterocycles. The third kappa shape index (κ3) is 4.61. The van der Waals surface area contributed by atoms with Gasteiger partial charge < -0.3 is 9.47 Å². The highest BCUT2D eigenvalue weighted by atomic mass is 16.5. The number of hydrogen-bond donors (Lipinski definition) is 0. The van der Waals surface area contributed by atoms with Gasteiger partial charge in [0.05, 0.1) is 0 Å². The lowest BCUT2D eigenvalue weighted by Gasteiger charge is -2.34. The Morgan fingerprint density at radius 1 is 0.321 bits per heavy atom. The monoisotopic (exact) mass is 674 g/mol. The maximum atomic E-state index is 6.94. The second-order valence-corrected chi connectivity index (χ2v) is 13.9. The summed E-state index contributed by atoms with van der Waals surface area (Å²) in [5.74, 6) is 3.48. The van der Waals surface area contributed by atoms with Gasteiger partial charge in [-0.25, -0.2) is 0 Å². The molecule has 0 bridgehead atoms. The Morgan fingerprint density at radius 3 is 1.55 bits per heavy atom. The van der Waals surface area contributed by atoms with Crippen LogP contribution in [0.15, 0.2) is 188 Å². The lowest BCUT2D eigenvalue weighted by Crippen LogP contribution is -2.57. The maximum Gasteiger partial charge on any atom is 0.260 e. The summed E-state index contributed by atoms with van der Waals surface area (Å²) in [6.45, 7) is 0.00889. The molecule has 246 valence electrons. The predicted molar refractivity (Wildman–Crippen MR) is 221 cm³/mol. The molecule has 0 spiro atoms. The summed E-state index contributed by atoms with van der Waals surface area (Å²) in [7, 11) is 0. The molecular weight excluding hydrogens is 643 g/mol. The molecule has 0 radical (unpaired) electrons. The van der Waals surface area contributed by atoms with E-state index in [9.17, 15) is 0 Å². The van der Waals surface area contributed by atoms with Crippen LogP contribution in [0.3, 0.4) is 0 Å². The fourth-order valence-electron chi connectivity index (χ4n) is 8.75. The fraction of sp³-hybridized carbons (Fsp3) is 0. The van der Waals surface area contributed by atoms with Crippen LogP contribution < -0.4 is 25.9 Å². The summed E-state index contributed by atoms with van der Waals surface area (Å²) >= 11 is 0. The molecule has 11 rings (SSSR count). The van der Waals surface area contributed by atoms with Crippen molar-refractivity contribution < 1.29 is 9.47 Å². The van der Waals surface area contributed by atoms with Gasteiger partial charge in [-0.3, -0.25) is 0 Å². The van der Waals surface area contributed by atoms with E-state index < -0.39 is 0 Å². The molecule has 2 aliphatic rings. The molecule has 0 aliphatic carbocycles. The van der Waals surface area contributed by atoms with E-state index in [2.05, 4.69) is 182 Å². The number of ether oxygens (including phenoxy) is 2. The Labute approximate surface area is 308 Å². The van der Waals surface area contributed by atoms with Gasteiger partial charge in [-0.15, -0.1) is 0 Å². The quantitative estimate of drug-likeness (QED) is 0.137. The first-order valence-corrected chi connectivity index (χ1v) is 18.2. The van der Waals surface area contributed by atoms with Crippen LogP contribution >= 0.6 is 0 Å². The van der Waals surface area contributed by atoms with Gasteiger partial charge >= 0.3 is 0 Å². The van der Waals surface area contributed by atoms with Crippen LogP contribution in [0.25, 0.3) is 66.1 Å². The smallest absolute Gasteiger partial charge is 0.260 e. The summed E-state index contributed by atoms with van der Waals surface area (Å²) in [5.41, 5.74) is 12.8. The molecule has 2 aliphatic heterocycles. The molecule has 0 aromatic heterocycles. The van der Waals surface area contributed by atoms with E-state index in [4.69, 9.17) is 9.47 Å². The van der Waals surface area contributed by atoms with Crippen LogP contribution in [-0.2, 0) is 0 Å². The Morgan fingerprint density at radius 2 is 0.849 bits per heavy atom. The summed E-state index contributed by atoms with van der Waals surface area (Å²) < 4.78 is 13.5. The Balaban J connectivity index is 1.16. The second-order valence-electron chi connectivity index (χ2n) is 13.9. The molecule has 9 aromatic rings. The van der Waals surface area contributed by atoms with Crippen molar-refractivity contribution in [2.45, 2.75) is 0 Å². The van der Waals surface area contributed by atoms with E-state index in [1.165, 1.54) is 49.4 Å². The van der Waals surface area contributed by atoms with Crippen molar-refractivity contribution >= 4 is 44.6 Å². The third-order valence-electron chi connectivity index (χ3n) is 11.0. The van der Waals surface area contributed by atoms with E-state index in [1.807, 2.05) is 6.07 Å². The number of hydrogen-bond acceptors (Lipinski definition) is 2. The van der Waals surface area contributed by atoms with E-state index in [0.717, 1.165) is 56.1 Å². The molecule has 3 heteroatoms. The van der Waals surface area contributed by atoms with Crippen LogP contribution in [0.2, 0.25) is 0 Å². The number of para-hydroxylation sites is 2. The molecule has 9 aromatic carbocycles. The van der Waals surface area contributed by atoms with E-state index in [0.29, 0.717) is 0 Å². The Kier molecular flexibility index (Phi) is 6.68. The Hall–Kier alpha value is -6.84. The zero-order valence-corrected chi connectivity index (χ0v) is 28.8. The van der Waals surface area contributed by atoms with Crippen molar-refractivity contribution in [3.8, 4) is 67.5 Å². The van der Waals surface area contributed by atoms with Crippen LogP contribution in [-0.4, -0.2) is 6.71 Å². The first-order chi connectivity index (χ1) is 26.3. The SMILES string of the molecule is c1ccc(-c2cccc(-c3c4ccccc4c(-c4ccccc4-c4ccc5c6c4Oc4ccccc4B6c4ccccc4O5)c4ccccc34)c2)cc1. The zero-order chi connectivity index (χ0) is 34.9. The molecule has 0 N–H and O–H groups in total. The van der Waals surface area contributed by atoms with Crippen LogP contribution in [0.1, 0.15) is 0 Å². The highest BCUT2D eigenvalue weighted by molar-refractivity contribution is 6.98. The van der Waals surface area contributed by atoms with Crippen LogP contribution in [0, 0.1) is 0 Å². The first-order valence-electron chi connectivity index (χ1n) is 18.2. The van der Waals surface area contributed by atoms with E-state index >= 15 is 0 Å². The van der Waals surface area contributed by atoms with Gasteiger partial charge in [-0.05, 0) is 102 Å². The highest BCUT2D eigenvalue weighted by Gasteiger charge is 2.41. The fourth-order valence-corrected chi connectivity index (χ4v) is 8.75. The summed E-state index contributed by atoms with van der Waals surface area (Å²) in [6.07, 6.45) is 0. The normalized spacial score (nSPS) is 12.4. The van der Waals surface area contributed by atoms with Gasteiger partial charge in [-0.1, -0.05) is 158 Å². The van der Waals surface area contributed by atoms with Crippen molar-refractivity contribution in [2.24, 2.45) is 0 Å². The average Bonchev–Trinajstić information content (AvgIpc) is 3.23. The molecule has 0 saturated carbocycles. The molecule has 0 unspecified atom stereocenters. The van der Waals surface area contributed by atoms with Gasteiger partial charge in [0.2, 0.25) is 0 Å². The minimum atomic E-state index is 0.00889. The highest BCUT2D eigenvalue weighted by Crippen LogP contribution is 2.49. The van der Waals surface area contributed by atoms with Crippen molar-refractivity contribution in [2.75, 3.05) is 0 Å². The first kappa shape index (κ1) is 29.9. The second kappa shape index (κ2) is 11.9. The van der Waals surface area contributed by atoms with Gasteiger partial charge in [-0.2, -0.15) is 0 Å². The summed E-state index contributed by atoms with van der Waals surface area (Å²) in [5, 5.41) is 4.88. The third-order valence-corrected chi connectivity index (χ3v) is 11.0. The number of rotatable bonds is 4. The van der Waals surface area contributed by atoms with Gasteiger partial charge in [0.1, 0.15) is 23.0 Å². The number of benzene rings is 9. The molecule has 0 fully saturated rings. The van der Waals surface area contributed by atoms with Crippen molar-refractivity contribution in [1.29, 1.82) is 0 Å². The van der Waals surface area contributed by atoms with E-state index in [-0.39, 0.29) is 6.71 Å². The molecule has 53 heavy (non-hydrogen) atoms. The Bertz CT molecular complexity index is 2840. The van der Waals surface area contributed by atoms with Gasteiger partial charge in [0, 0.05) is 11.0 Å². The van der Waals surface area contributed by atoms with Crippen LogP contribution in [0.4, 0.5) is 0 Å². The van der Waals surface area contributed by atoms with Crippen molar-refractivity contribution in [3.63, 3.8) is 0 Å². The van der Waals surface area contributed by atoms with E-state index in [1.54, 1.807) is 0 Å². The lowest BCUT2D eigenvalue weighted by molar-refractivity contribution is 0.465. The largest absolute Gasteiger partial charge is 0.458 e. The maximum absolute atomic E-state index is 6.94.